The summed E-state index contributed by atoms with van der Waals surface area (Å²) in [5, 5.41) is 20.6. The topological polar surface area (TPSA) is 293 Å². The number of nitrogens with zero attached hydrogens (tertiary/aromatic N) is 6. The van der Waals surface area contributed by atoms with E-state index in [1.54, 1.807) is 77.5 Å². The number of hydrogen-bond donors (Lipinski definition) is 8. The standard InChI is InChI=1S/C21H18N2O.C20H14N4O.C20H18N2O3.C18H15N3O3.C18H14N2O.C14H9F2NO/c1-15-11-17-12-18(13-22-21(17)23-15)19-9-5-6-10-20(19)24-14-16-7-3-2-4-8-16;25-20-22-17-9-8-14(12-18(17)23-20)24-11-10-21-19(24)16-7-3-5-13-4-1-2-6-15(13)16;1-3-25-20(24)13-4-6-17-15(9-13)11-22(19(17)23)16-5-7-18-14(10-16)8-12(2)21-18;1-10-19-15-6-4-13(8-16(15)20-10)21-9-12-7-11(18(23)24-2)3-5-14(12)17(21)22;21-18-12-15-11-14(5-8-17(15)19-18)13-3-6-16(7-4-13)20-9-1-2-10-20;15-10-2-3-12(16)11(7-10)8-1-4-13-9(5-8)6-14(18)17-13/h2-10,12-13H,1,11,14H2,(H,22,23);1-12H,(H2,22,23,25);4-7,9-10,21H,2-3,8,11H2,1H3;3-8,19-20H,1,9H2,2H3;1-11H,12H2,(H,19,21);1-5,7H,6H2,(H,17,18). The summed E-state index contributed by atoms with van der Waals surface area (Å²) in [6.45, 7) is 15.3. The van der Waals surface area contributed by atoms with Crippen LogP contribution in [-0.4, -0.2) is 78.4 Å². The quantitative estimate of drug-likeness (QED) is 0.0470. The average Bonchev–Trinajstić information content (AvgIpc) is 1.63. The number of methoxy groups -OCH3 is 1. The first-order chi connectivity index (χ1) is 66.6. The number of carbonyl (C=O) groups is 6. The molecule has 0 radical (unpaired) electrons. The maximum Gasteiger partial charge on any atom is 0.338 e. The van der Waals surface area contributed by atoms with Crippen LogP contribution in [0.3, 0.4) is 0 Å². The maximum atomic E-state index is 13.6. The number of para-hydroxylation sites is 1. The van der Waals surface area contributed by atoms with Gasteiger partial charge in [0.25, 0.3) is 11.8 Å². The van der Waals surface area contributed by atoms with Crippen molar-refractivity contribution in [2.45, 2.75) is 52.3 Å². The van der Waals surface area contributed by atoms with Crippen LogP contribution in [0.4, 0.5) is 54.4 Å². The third kappa shape index (κ3) is 19.1. The van der Waals surface area contributed by atoms with Crippen LogP contribution in [-0.2, 0) is 64.4 Å². The molecule has 0 bridgehead atoms. The van der Waals surface area contributed by atoms with Crippen LogP contribution in [0.1, 0.15) is 87.3 Å². The molecular formula is C111H88F2N14O10. The molecule has 4 amide bonds. The molecule has 0 saturated carbocycles. The molecule has 0 fully saturated rings. The zero-order valence-electron chi connectivity index (χ0n) is 74.3. The fourth-order valence-electron chi connectivity index (χ4n) is 17.5. The van der Waals surface area contributed by atoms with Crippen molar-refractivity contribution < 1.29 is 51.8 Å². The fraction of sp³-hybridized carbons (Fsp3) is 0.0901. The van der Waals surface area contributed by atoms with Gasteiger partial charge in [-0.3, -0.25) is 23.7 Å². The van der Waals surface area contributed by atoms with Gasteiger partial charge in [0.2, 0.25) is 11.8 Å². The Morgan fingerprint density at radius 2 is 1.01 bits per heavy atom. The highest BCUT2D eigenvalue weighted by Crippen LogP contribution is 2.42. The van der Waals surface area contributed by atoms with Gasteiger partial charge in [0.15, 0.2) is 0 Å². The number of fused-ring (bicyclic) bond motifs is 9. The molecule has 0 atom stereocenters. The lowest BCUT2D eigenvalue weighted by Gasteiger charge is -2.16. The number of nitrogens with one attached hydrogen (secondary N) is 8. The highest BCUT2D eigenvalue weighted by atomic mass is 19.1. The number of H-pyrrole nitrogens is 2. The molecule has 24 rings (SSSR count). The molecule has 7 aliphatic heterocycles. The number of allylic oxidation sites excluding steroid dienone is 2. The van der Waals surface area contributed by atoms with Crippen LogP contribution in [0.5, 0.6) is 5.75 Å². The summed E-state index contributed by atoms with van der Waals surface area (Å²) in [5.41, 5.74) is 27.0. The van der Waals surface area contributed by atoms with E-state index in [-0.39, 0.29) is 47.3 Å². The summed E-state index contributed by atoms with van der Waals surface area (Å²) in [6, 6.07) is 89.5. The Bertz CT molecular complexity index is 7770. The van der Waals surface area contributed by atoms with E-state index in [0.29, 0.717) is 66.4 Å². The average molecular weight is 1820 g/mol. The molecule has 8 N–H and O–H groups in total. The number of rotatable bonds is 14. The first-order valence-corrected chi connectivity index (χ1v) is 44.2. The zero-order valence-corrected chi connectivity index (χ0v) is 74.3. The number of amides is 4. The van der Waals surface area contributed by atoms with Crippen molar-refractivity contribution in [1.29, 1.82) is 0 Å². The van der Waals surface area contributed by atoms with Crippen molar-refractivity contribution in [2.75, 3.05) is 55.4 Å². The first kappa shape index (κ1) is 88.2. The minimum Gasteiger partial charge on any atom is -0.488 e. The van der Waals surface area contributed by atoms with Crippen LogP contribution in [0.25, 0.3) is 77.9 Å². The van der Waals surface area contributed by atoms with Crippen molar-refractivity contribution in [1.82, 2.24) is 29.1 Å². The van der Waals surface area contributed by atoms with Crippen molar-refractivity contribution >= 4 is 103 Å². The molecule has 4 aromatic heterocycles. The molecule has 0 aliphatic carbocycles. The summed E-state index contributed by atoms with van der Waals surface area (Å²) in [4.78, 5) is 101. The molecule has 26 heteroatoms. The van der Waals surface area contributed by atoms with E-state index in [1.807, 2.05) is 157 Å². The predicted molar refractivity (Wildman–Crippen MR) is 531 cm³/mol. The van der Waals surface area contributed by atoms with Gasteiger partial charge in [-0.1, -0.05) is 135 Å². The second-order valence-corrected chi connectivity index (χ2v) is 33.3. The van der Waals surface area contributed by atoms with Gasteiger partial charge >= 0.3 is 17.6 Å². The third-order valence-electron chi connectivity index (χ3n) is 24.1. The highest BCUT2D eigenvalue weighted by molar-refractivity contribution is 6.12. The Morgan fingerprint density at radius 3 is 1.74 bits per heavy atom. The molecule has 7 aliphatic rings. The molecule has 676 valence electrons. The van der Waals surface area contributed by atoms with Gasteiger partial charge in [0.1, 0.15) is 41.5 Å². The van der Waals surface area contributed by atoms with E-state index < -0.39 is 17.6 Å². The number of esters is 2. The Hall–Kier alpha value is -18.1. The number of anilines is 8. The van der Waals surface area contributed by atoms with E-state index in [0.717, 1.165) is 189 Å². The molecule has 0 saturated heterocycles. The Labute approximate surface area is 785 Å². The normalized spacial score (nSPS) is 13.4. The molecule has 24 nitrogen and oxygen atoms in total. The predicted octanol–water partition coefficient (Wildman–Crippen LogP) is 21.9. The number of ether oxygens (including phenoxy) is 3. The molecule has 11 heterocycles. The monoisotopic (exact) mass is 1810 g/mol. The summed E-state index contributed by atoms with van der Waals surface area (Å²) >= 11 is 0. The summed E-state index contributed by atoms with van der Waals surface area (Å²) in [6.07, 6.45) is 12.0. The lowest BCUT2D eigenvalue weighted by atomic mass is 10.0. The molecule has 17 aromatic rings. The van der Waals surface area contributed by atoms with Gasteiger partial charge in [-0.15, -0.1) is 0 Å². The second kappa shape index (κ2) is 38.4. The van der Waals surface area contributed by atoms with E-state index in [4.69, 9.17) is 14.2 Å². The number of benzene rings is 13. The van der Waals surface area contributed by atoms with Crippen LogP contribution < -0.4 is 52.1 Å². The molecular weight excluding hydrogens is 1730 g/mol. The van der Waals surface area contributed by atoms with Crippen molar-refractivity contribution in [3.05, 3.63) is 436 Å². The number of hydrogen-bond acceptors (Lipinski definition) is 16. The lowest BCUT2D eigenvalue weighted by Crippen LogP contribution is -2.22. The zero-order chi connectivity index (χ0) is 94.5. The Kier molecular flexibility index (Phi) is 24.7. The molecule has 137 heavy (non-hydrogen) atoms. The summed E-state index contributed by atoms with van der Waals surface area (Å²) in [7, 11) is 1.34. The summed E-state index contributed by atoms with van der Waals surface area (Å²) in [5.74, 6) is 1.49. The van der Waals surface area contributed by atoms with E-state index >= 15 is 0 Å². The highest BCUT2D eigenvalue weighted by Gasteiger charge is 2.33. The Balaban J connectivity index is 0.000000106. The van der Waals surface area contributed by atoms with Gasteiger partial charge in [0, 0.05) is 134 Å². The van der Waals surface area contributed by atoms with Crippen molar-refractivity contribution in [3.63, 3.8) is 0 Å². The van der Waals surface area contributed by atoms with E-state index in [2.05, 4.69) is 161 Å². The summed E-state index contributed by atoms with van der Waals surface area (Å²) < 4.78 is 46.7. The number of halogens is 2. The van der Waals surface area contributed by atoms with Gasteiger partial charge < -0.3 is 70.4 Å². The second-order valence-electron chi connectivity index (χ2n) is 33.3. The van der Waals surface area contributed by atoms with Gasteiger partial charge in [-0.25, -0.2) is 33.1 Å². The van der Waals surface area contributed by atoms with E-state index in [1.165, 1.54) is 18.1 Å². The number of aromatic nitrogens is 6. The van der Waals surface area contributed by atoms with Gasteiger partial charge in [-0.05, 0) is 238 Å². The minimum absolute atomic E-state index is 0.0462. The van der Waals surface area contributed by atoms with Crippen LogP contribution >= 0.6 is 0 Å². The smallest absolute Gasteiger partial charge is 0.338 e. The fourth-order valence-corrected chi connectivity index (χ4v) is 17.5. The largest absolute Gasteiger partial charge is 0.488 e. The maximum absolute atomic E-state index is 13.6. The van der Waals surface area contributed by atoms with Crippen molar-refractivity contribution in [2.24, 2.45) is 0 Å². The van der Waals surface area contributed by atoms with Crippen LogP contribution in [0, 0.1) is 11.6 Å². The number of pyridine rings is 1. The lowest BCUT2D eigenvalue weighted by molar-refractivity contribution is -0.115. The molecule has 13 aromatic carbocycles. The van der Waals surface area contributed by atoms with Gasteiger partial charge in [-0.2, -0.15) is 0 Å². The minimum atomic E-state index is -0.485. The molecule has 0 unspecified atom stereocenters. The third-order valence-corrected chi connectivity index (χ3v) is 24.1. The van der Waals surface area contributed by atoms with Crippen LogP contribution in [0.15, 0.2) is 358 Å². The number of aromatic amines is 2. The van der Waals surface area contributed by atoms with Crippen molar-refractivity contribution in [3.8, 4) is 61.9 Å². The van der Waals surface area contributed by atoms with E-state index in [9.17, 15) is 42.3 Å². The first-order valence-electron chi connectivity index (χ1n) is 44.2. The van der Waals surface area contributed by atoms with Gasteiger partial charge in [0.05, 0.1) is 73.2 Å². The number of imidazole rings is 2. The van der Waals surface area contributed by atoms with Crippen LogP contribution in [0.2, 0.25) is 0 Å². The molecule has 0 spiro atoms. The number of carbonyl (C=O) groups excluding carboxylic acids is 6. The Morgan fingerprint density at radius 1 is 0.431 bits per heavy atom. The SMILES string of the molecule is C=C1Cc2cc(-c3ccccc3OCc3ccccc3)cnc2N1.C=C1Cc2cc(N3Cc4cc(C(=O)OCC)ccc4C3=O)ccc2N1.C=C1Nc2ccc(N3Cc4cc(C(=O)OC)ccc4C3=O)cc2N1.O=C1Cc2cc(-c3cc(F)ccc3F)ccc2N1.O=C1Cc2cc(-c3ccc(-n4cccc4)cc3)ccc2N1.O=c1[nH]c2ccc(-n3ccnc3-c3cccc4ccccc34)cc2[nH]1.